The molecule has 3 rings (SSSR count). The Labute approximate surface area is 135 Å². The van der Waals surface area contributed by atoms with Gasteiger partial charge in [0.1, 0.15) is 16.9 Å². The van der Waals surface area contributed by atoms with Crippen LogP contribution in [0.15, 0.2) is 16.5 Å². The van der Waals surface area contributed by atoms with Crippen LogP contribution in [0.5, 0.6) is 0 Å². The van der Waals surface area contributed by atoms with Crippen LogP contribution in [0, 0.1) is 18.3 Å². The number of nitrogens with one attached hydrogen (secondary N) is 1. The van der Waals surface area contributed by atoms with Crippen molar-refractivity contribution in [1.29, 1.82) is 0 Å². The lowest BCUT2D eigenvalue weighted by atomic mass is 9.81. The van der Waals surface area contributed by atoms with Crippen molar-refractivity contribution < 1.29 is 19.1 Å². The summed E-state index contributed by atoms with van der Waals surface area (Å²) >= 11 is 0. The van der Waals surface area contributed by atoms with Gasteiger partial charge >= 0.3 is 12.0 Å². The summed E-state index contributed by atoms with van der Waals surface area (Å²) in [5, 5.41) is 12.5. The SMILES string of the molecule is CCNC(=O)N1C[C@H]2CN(Cc3ccc(C)o3)C[C@@]2(C(=O)O)C1. The zero-order valence-electron chi connectivity index (χ0n) is 13.5. The molecule has 0 spiro atoms. The zero-order valence-corrected chi connectivity index (χ0v) is 13.5. The molecule has 2 amide bonds. The molecule has 2 N–H and O–H groups in total. The van der Waals surface area contributed by atoms with Crippen molar-refractivity contribution in [3.8, 4) is 0 Å². The van der Waals surface area contributed by atoms with Crippen molar-refractivity contribution in [3.05, 3.63) is 23.7 Å². The molecule has 0 bridgehead atoms. The highest BCUT2D eigenvalue weighted by Gasteiger charge is 2.58. The Hall–Kier alpha value is -2.02. The molecular formula is C16H23N3O4. The van der Waals surface area contributed by atoms with E-state index in [0.29, 0.717) is 32.7 Å². The number of hydrogen-bond donors (Lipinski definition) is 2. The summed E-state index contributed by atoms with van der Waals surface area (Å²) in [4.78, 5) is 27.7. The highest BCUT2D eigenvalue weighted by atomic mass is 16.4. The first-order chi connectivity index (χ1) is 10.9. The Kier molecular flexibility index (Phi) is 4.06. The second-order valence-electron chi connectivity index (χ2n) is 6.56. The van der Waals surface area contributed by atoms with E-state index >= 15 is 0 Å². The lowest BCUT2D eigenvalue weighted by molar-refractivity contribution is -0.148. The van der Waals surface area contributed by atoms with Gasteiger partial charge in [-0.15, -0.1) is 0 Å². The van der Waals surface area contributed by atoms with Gasteiger partial charge in [0.05, 0.1) is 6.54 Å². The van der Waals surface area contributed by atoms with Gasteiger partial charge < -0.3 is 19.7 Å². The molecule has 2 fully saturated rings. The van der Waals surface area contributed by atoms with Gasteiger partial charge in [0.2, 0.25) is 0 Å². The number of aliphatic carboxylic acids is 1. The lowest BCUT2D eigenvalue weighted by Gasteiger charge is -2.25. The van der Waals surface area contributed by atoms with E-state index in [4.69, 9.17) is 4.42 Å². The second kappa shape index (κ2) is 5.88. The number of hydrogen-bond acceptors (Lipinski definition) is 4. The standard InChI is InChI=1S/C16H23N3O4/c1-3-17-15(22)19-7-12-6-18(8-13-5-4-11(2)23-13)9-16(12,10-19)14(20)21/h4-5,12H,3,6-10H2,1-2H3,(H,17,22)(H,20,21)/t12-,16-/m1/s1. The molecule has 0 saturated carbocycles. The van der Waals surface area contributed by atoms with Gasteiger partial charge in [-0.3, -0.25) is 9.69 Å². The van der Waals surface area contributed by atoms with E-state index in [1.54, 1.807) is 4.90 Å². The number of rotatable bonds is 4. The van der Waals surface area contributed by atoms with Gasteiger partial charge in [-0.1, -0.05) is 0 Å². The highest BCUT2D eigenvalue weighted by Crippen LogP contribution is 2.43. The fourth-order valence-electron chi connectivity index (χ4n) is 3.80. The molecule has 1 aromatic rings. The molecular weight excluding hydrogens is 298 g/mol. The van der Waals surface area contributed by atoms with Gasteiger partial charge in [-0.2, -0.15) is 0 Å². The Bertz CT molecular complexity index is 614. The molecule has 0 unspecified atom stereocenters. The number of aryl methyl sites for hydroxylation is 1. The Balaban J connectivity index is 1.71. The minimum atomic E-state index is -0.868. The maximum absolute atomic E-state index is 12.0. The fourth-order valence-corrected chi connectivity index (χ4v) is 3.80. The van der Waals surface area contributed by atoms with Gasteiger partial charge in [0.15, 0.2) is 0 Å². The Morgan fingerprint density at radius 1 is 1.39 bits per heavy atom. The van der Waals surface area contributed by atoms with E-state index in [-0.39, 0.29) is 18.5 Å². The van der Waals surface area contributed by atoms with E-state index < -0.39 is 11.4 Å². The van der Waals surface area contributed by atoms with Crippen molar-refractivity contribution in [2.45, 2.75) is 20.4 Å². The topological polar surface area (TPSA) is 86.0 Å². The van der Waals surface area contributed by atoms with E-state index in [9.17, 15) is 14.7 Å². The van der Waals surface area contributed by atoms with Crippen LogP contribution in [0.3, 0.4) is 0 Å². The number of furan rings is 1. The van der Waals surface area contributed by atoms with E-state index in [2.05, 4.69) is 10.2 Å². The third kappa shape index (κ3) is 2.81. The van der Waals surface area contributed by atoms with Crippen LogP contribution < -0.4 is 5.32 Å². The number of carboxylic acids is 1. The largest absolute Gasteiger partial charge is 0.481 e. The molecule has 7 heteroatoms. The quantitative estimate of drug-likeness (QED) is 0.868. The van der Waals surface area contributed by atoms with Crippen LogP contribution in [0.2, 0.25) is 0 Å². The molecule has 0 radical (unpaired) electrons. The minimum absolute atomic E-state index is 0.0429. The fraction of sp³-hybridized carbons (Fsp3) is 0.625. The monoisotopic (exact) mass is 321 g/mol. The first-order valence-corrected chi connectivity index (χ1v) is 7.98. The van der Waals surface area contributed by atoms with Crippen molar-refractivity contribution in [3.63, 3.8) is 0 Å². The van der Waals surface area contributed by atoms with Crippen LogP contribution in [-0.4, -0.2) is 59.6 Å². The number of amides is 2. The summed E-state index contributed by atoms with van der Waals surface area (Å²) in [6, 6.07) is 3.67. The van der Waals surface area contributed by atoms with Crippen molar-refractivity contribution in [2.24, 2.45) is 11.3 Å². The number of carboxylic acid groups (broad SMARTS) is 1. The molecule has 2 aliphatic heterocycles. The average molecular weight is 321 g/mol. The van der Waals surface area contributed by atoms with Crippen LogP contribution in [0.25, 0.3) is 0 Å². The highest BCUT2D eigenvalue weighted by molar-refractivity contribution is 5.81. The molecule has 1 aromatic heterocycles. The van der Waals surface area contributed by atoms with E-state index in [0.717, 1.165) is 11.5 Å². The van der Waals surface area contributed by atoms with Crippen molar-refractivity contribution >= 4 is 12.0 Å². The van der Waals surface area contributed by atoms with Crippen LogP contribution >= 0.6 is 0 Å². The normalized spacial score (nSPS) is 27.2. The number of fused-ring (bicyclic) bond motifs is 1. The molecule has 7 nitrogen and oxygen atoms in total. The summed E-state index contributed by atoms with van der Waals surface area (Å²) < 4.78 is 5.59. The lowest BCUT2D eigenvalue weighted by Crippen LogP contribution is -2.44. The van der Waals surface area contributed by atoms with Crippen molar-refractivity contribution in [1.82, 2.24) is 15.1 Å². The predicted octanol–water partition coefficient (Wildman–Crippen LogP) is 1.14. The average Bonchev–Trinajstić information content (AvgIpc) is 3.12. The van der Waals surface area contributed by atoms with Gasteiger partial charge in [0.25, 0.3) is 0 Å². The van der Waals surface area contributed by atoms with Crippen LogP contribution in [-0.2, 0) is 11.3 Å². The third-order valence-corrected chi connectivity index (χ3v) is 4.90. The molecule has 3 heterocycles. The van der Waals surface area contributed by atoms with Gasteiger partial charge in [-0.05, 0) is 26.0 Å². The molecule has 0 aromatic carbocycles. The predicted molar refractivity (Wildman–Crippen MR) is 82.9 cm³/mol. The smallest absolute Gasteiger partial charge is 0.317 e. The maximum Gasteiger partial charge on any atom is 0.317 e. The first-order valence-electron chi connectivity index (χ1n) is 7.98. The summed E-state index contributed by atoms with van der Waals surface area (Å²) in [6.45, 7) is 6.79. The zero-order chi connectivity index (χ0) is 16.6. The third-order valence-electron chi connectivity index (χ3n) is 4.90. The van der Waals surface area contributed by atoms with E-state index in [1.165, 1.54) is 0 Å². The second-order valence-corrected chi connectivity index (χ2v) is 6.56. The summed E-state index contributed by atoms with van der Waals surface area (Å²) in [5.74, 6) is 0.851. The first kappa shape index (κ1) is 15.9. The van der Waals surface area contributed by atoms with Gasteiger partial charge in [0, 0.05) is 38.6 Å². The molecule has 0 aliphatic carbocycles. The maximum atomic E-state index is 12.0. The van der Waals surface area contributed by atoms with Crippen LogP contribution in [0.4, 0.5) is 4.79 Å². The molecule has 2 aliphatic rings. The molecule has 2 atom stereocenters. The van der Waals surface area contributed by atoms with Crippen molar-refractivity contribution in [2.75, 3.05) is 32.7 Å². The van der Waals surface area contributed by atoms with Crippen LogP contribution in [0.1, 0.15) is 18.4 Å². The molecule has 126 valence electrons. The number of carbonyl (C=O) groups is 2. The van der Waals surface area contributed by atoms with E-state index in [1.807, 2.05) is 26.0 Å². The molecule has 2 saturated heterocycles. The number of carbonyl (C=O) groups excluding carboxylic acids is 1. The molecule has 23 heavy (non-hydrogen) atoms. The Morgan fingerprint density at radius 2 is 2.17 bits per heavy atom. The Morgan fingerprint density at radius 3 is 2.74 bits per heavy atom. The summed E-state index contributed by atoms with van der Waals surface area (Å²) in [5.41, 5.74) is -0.868. The summed E-state index contributed by atoms with van der Waals surface area (Å²) in [6.07, 6.45) is 0. The minimum Gasteiger partial charge on any atom is -0.481 e. The number of nitrogens with zero attached hydrogens (tertiary/aromatic N) is 2. The summed E-state index contributed by atoms with van der Waals surface area (Å²) in [7, 11) is 0. The number of urea groups is 1. The number of likely N-dealkylation sites (tertiary alicyclic amines) is 2. The van der Waals surface area contributed by atoms with Gasteiger partial charge in [-0.25, -0.2) is 4.79 Å².